The summed E-state index contributed by atoms with van der Waals surface area (Å²) < 4.78 is 26.7. The van der Waals surface area contributed by atoms with Crippen molar-refractivity contribution in [3.05, 3.63) is 17.0 Å². The van der Waals surface area contributed by atoms with Crippen LogP contribution in [0.1, 0.15) is 25.6 Å². The Bertz CT molecular complexity index is 501. The van der Waals surface area contributed by atoms with Gasteiger partial charge in [-0.05, 0) is 37.6 Å². The van der Waals surface area contributed by atoms with E-state index in [4.69, 9.17) is 0 Å². The summed E-state index contributed by atoms with van der Waals surface area (Å²) in [5, 5.41) is 3.06. The van der Waals surface area contributed by atoms with Gasteiger partial charge < -0.3 is 5.32 Å². The van der Waals surface area contributed by atoms with Crippen molar-refractivity contribution >= 4 is 21.4 Å². The summed E-state index contributed by atoms with van der Waals surface area (Å²) in [4.78, 5) is 1.09. The molecular weight excluding hydrogens is 280 g/mol. The Morgan fingerprint density at radius 1 is 1.32 bits per heavy atom. The van der Waals surface area contributed by atoms with Crippen LogP contribution in [0.4, 0.5) is 0 Å². The summed E-state index contributed by atoms with van der Waals surface area (Å²) in [7, 11) is 0.193. The SMILES string of the molecule is CNCCc1ccc(S(=O)(=O)N(C)CC(C)(C)C)s1. The van der Waals surface area contributed by atoms with Crippen LogP contribution >= 0.6 is 11.3 Å². The Morgan fingerprint density at radius 3 is 2.47 bits per heavy atom. The Morgan fingerprint density at radius 2 is 1.95 bits per heavy atom. The Labute approximate surface area is 120 Å². The van der Waals surface area contributed by atoms with E-state index in [9.17, 15) is 8.42 Å². The first-order valence-corrected chi connectivity index (χ1v) is 8.62. The van der Waals surface area contributed by atoms with E-state index in [1.165, 1.54) is 15.6 Å². The van der Waals surface area contributed by atoms with E-state index in [0.717, 1.165) is 17.8 Å². The number of hydrogen-bond donors (Lipinski definition) is 1. The zero-order valence-electron chi connectivity index (χ0n) is 12.4. The van der Waals surface area contributed by atoms with Gasteiger partial charge in [-0.3, -0.25) is 0 Å². The summed E-state index contributed by atoms with van der Waals surface area (Å²) in [5.41, 5.74) is -0.0476. The maximum Gasteiger partial charge on any atom is 0.252 e. The Kier molecular flexibility index (Phi) is 5.55. The van der Waals surface area contributed by atoms with Gasteiger partial charge >= 0.3 is 0 Å². The van der Waals surface area contributed by atoms with E-state index in [1.807, 2.05) is 33.9 Å². The molecule has 0 aliphatic carbocycles. The molecule has 0 bridgehead atoms. The van der Waals surface area contributed by atoms with Gasteiger partial charge in [0, 0.05) is 18.5 Å². The molecule has 1 aromatic heterocycles. The molecule has 0 saturated carbocycles. The fraction of sp³-hybridized carbons (Fsp3) is 0.692. The molecule has 0 amide bonds. The monoisotopic (exact) mass is 304 g/mol. The first-order valence-electron chi connectivity index (χ1n) is 6.36. The van der Waals surface area contributed by atoms with Crippen LogP contribution in [0.25, 0.3) is 0 Å². The van der Waals surface area contributed by atoms with Gasteiger partial charge in [0.2, 0.25) is 0 Å². The van der Waals surface area contributed by atoms with Gasteiger partial charge in [0.05, 0.1) is 0 Å². The Hall–Kier alpha value is -0.430. The standard InChI is InChI=1S/C13H24N2O2S2/c1-13(2,3)10-15(5)19(16,17)12-7-6-11(18-12)8-9-14-4/h6-7,14H,8-10H2,1-5H3. The summed E-state index contributed by atoms with van der Waals surface area (Å²) in [5.74, 6) is 0. The lowest BCUT2D eigenvalue weighted by Crippen LogP contribution is -2.34. The lowest BCUT2D eigenvalue weighted by molar-refractivity contribution is 0.311. The molecule has 110 valence electrons. The zero-order valence-corrected chi connectivity index (χ0v) is 14.0. The lowest BCUT2D eigenvalue weighted by Gasteiger charge is -2.25. The maximum atomic E-state index is 12.4. The molecule has 4 nitrogen and oxygen atoms in total. The average Bonchev–Trinajstić information content (AvgIpc) is 2.73. The molecule has 0 saturated heterocycles. The van der Waals surface area contributed by atoms with Crippen LogP contribution in [0.15, 0.2) is 16.3 Å². The van der Waals surface area contributed by atoms with Crippen LogP contribution in [-0.2, 0) is 16.4 Å². The minimum atomic E-state index is -3.34. The van der Waals surface area contributed by atoms with Gasteiger partial charge in [0.1, 0.15) is 4.21 Å². The van der Waals surface area contributed by atoms with E-state index in [2.05, 4.69) is 5.32 Å². The van der Waals surface area contributed by atoms with Crippen molar-refractivity contribution in [2.45, 2.75) is 31.4 Å². The van der Waals surface area contributed by atoms with Gasteiger partial charge in [0.25, 0.3) is 10.0 Å². The fourth-order valence-corrected chi connectivity index (χ4v) is 4.75. The minimum Gasteiger partial charge on any atom is -0.319 e. The molecule has 1 rings (SSSR count). The number of nitrogens with zero attached hydrogens (tertiary/aromatic N) is 1. The van der Waals surface area contributed by atoms with Gasteiger partial charge in [-0.15, -0.1) is 11.3 Å². The lowest BCUT2D eigenvalue weighted by atomic mass is 9.97. The molecule has 1 aromatic rings. The molecule has 0 aromatic carbocycles. The summed E-state index contributed by atoms with van der Waals surface area (Å²) >= 11 is 1.36. The van der Waals surface area contributed by atoms with Crippen LogP contribution in [-0.4, -0.2) is 39.9 Å². The van der Waals surface area contributed by atoms with Gasteiger partial charge in [-0.2, -0.15) is 4.31 Å². The fourth-order valence-electron chi connectivity index (χ4n) is 1.79. The molecule has 0 atom stereocenters. The molecule has 0 unspecified atom stereocenters. The molecule has 0 aliphatic heterocycles. The first kappa shape index (κ1) is 16.6. The number of rotatable bonds is 6. The first-order chi connectivity index (χ1) is 8.66. The van der Waals surface area contributed by atoms with Crippen LogP contribution in [0.2, 0.25) is 0 Å². The average molecular weight is 304 g/mol. The van der Waals surface area contributed by atoms with Gasteiger partial charge in [-0.25, -0.2) is 8.42 Å². The second kappa shape index (κ2) is 6.35. The number of hydrogen-bond acceptors (Lipinski definition) is 4. The predicted molar refractivity (Wildman–Crippen MR) is 81.2 cm³/mol. The third-order valence-corrected chi connectivity index (χ3v) is 6.04. The van der Waals surface area contributed by atoms with Crippen molar-refractivity contribution in [2.24, 2.45) is 5.41 Å². The van der Waals surface area contributed by atoms with Crippen LogP contribution in [0, 0.1) is 5.41 Å². The van der Waals surface area contributed by atoms with Crippen molar-refractivity contribution in [3.63, 3.8) is 0 Å². The Balaban J connectivity index is 2.85. The van der Waals surface area contributed by atoms with Gasteiger partial charge in [0.15, 0.2) is 0 Å². The highest BCUT2D eigenvalue weighted by atomic mass is 32.2. The molecule has 1 N–H and O–H groups in total. The van der Waals surface area contributed by atoms with E-state index in [-0.39, 0.29) is 5.41 Å². The van der Waals surface area contributed by atoms with Crippen LogP contribution < -0.4 is 5.32 Å². The van der Waals surface area contributed by atoms with Crippen LogP contribution in [0.5, 0.6) is 0 Å². The van der Waals surface area contributed by atoms with Crippen molar-refractivity contribution in [1.82, 2.24) is 9.62 Å². The normalized spacial score (nSPS) is 13.2. The highest BCUT2D eigenvalue weighted by molar-refractivity contribution is 7.91. The van der Waals surface area contributed by atoms with E-state index < -0.39 is 10.0 Å². The van der Waals surface area contributed by atoms with E-state index in [0.29, 0.717) is 10.8 Å². The second-order valence-electron chi connectivity index (χ2n) is 5.90. The van der Waals surface area contributed by atoms with Gasteiger partial charge in [-0.1, -0.05) is 20.8 Å². The zero-order chi connectivity index (χ0) is 14.7. The summed E-state index contributed by atoms with van der Waals surface area (Å²) in [6.45, 7) is 7.47. The summed E-state index contributed by atoms with van der Waals surface area (Å²) in [6, 6.07) is 3.62. The van der Waals surface area contributed by atoms with Crippen molar-refractivity contribution in [2.75, 3.05) is 27.2 Å². The van der Waals surface area contributed by atoms with Crippen molar-refractivity contribution in [3.8, 4) is 0 Å². The maximum absolute atomic E-state index is 12.4. The molecule has 0 spiro atoms. The third-order valence-electron chi connectivity index (χ3n) is 2.62. The molecule has 0 fully saturated rings. The molecule has 6 heteroatoms. The number of sulfonamides is 1. The number of likely N-dealkylation sites (N-methyl/N-ethyl adjacent to an activating group) is 1. The van der Waals surface area contributed by atoms with Crippen molar-refractivity contribution < 1.29 is 8.42 Å². The van der Waals surface area contributed by atoms with Crippen molar-refractivity contribution in [1.29, 1.82) is 0 Å². The largest absolute Gasteiger partial charge is 0.319 e. The molecule has 19 heavy (non-hydrogen) atoms. The number of nitrogens with one attached hydrogen (secondary N) is 1. The highest BCUT2D eigenvalue weighted by Gasteiger charge is 2.26. The number of thiophene rings is 1. The van der Waals surface area contributed by atoms with E-state index in [1.54, 1.807) is 13.1 Å². The second-order valence-corrected chi connectivity index (χ2v) is 9.34. The van der Waals surface area contributed by atoms with E-state index >= 15 is 0 Å². The molecule has 1 heterocycles. The quantitative estimate of drug-likeness (QED) is 0.876. The molecule has 0 radical (unpaired) electrons. The molecule has 0 aliphatic rings. The topological polar surface area (TPSA) is 49.4 Å². The highest BCUT2D eigenvalue weighted by Crippen LogP contribution is 2.26. The predicted octanol–water partition coefficient (Wildman–Crippen LogP) is 2.18. The third kappa shape index (κ3) is 4.87. The van der Waals surface area contributed by atoms with Crippen LogP contribution in [0.3, 0.4) is 0 Å². The molecular formula is C13H24N2O2S2. The minimum absolute atomic E-state index is 0.0476. The summed E-state index contributed by atoms with van der Waals surface area (Å²) in [6.07, 6.45) is 0.861. The smallest absolute Gasteiger partial charge is 0.252 e.